The van der Waals surface area contributed by atoms with Gasteiger partial charge in [-0.05, 0) is 42.9 Å². The number of H-pyrrole nitrogens is 1. The van der Waals surface area contributed by atoms with E-state index >= 15 is 0 Å². The second kappa shape index (κ2) is 5.38. The molecule has 0 saturated heterocycles. The fourth-order valence-electron chi connectivity index (χ4n) is 3.67. The largest absolute Gasteiger partial charge is 0.495 e. The number of methoxy groups -OCH3 is 1. The van der Waals surface area contributed by atoms with Crippen molar-refractivity contribution in [2.45, 2.75) is 46.1 Å². The number of rotatable bonds is 4. The van der Waals surface area contributed by atoms with Crippen LogP contribution in [0.2, 0.25) is 0 Å². The van der Waals surface area contributed by atoms with Gasteiger partial charge in [-0.3, -0.25) is 0 Å². The van der Waals surface area contributed by atoms with E-state index in [4.69, 9.17) is 4.74 Å². The number of benzene rings is 1. The van der Waals surface area contributed by atoms with Crippen LogP contribution in [-0.2, 0) is 6.42 Å². The number of aromatic nitrogens is 1. The van der Waals surface area contributed by atoms with Crippen LogP contribution in [0, 0.1) is 5.41 Å². The van der Waals surface area contributed by atoms with Crippen molar-refractivity contribution in [1.29, 1.82) is 0 Å². The van der Waals surface area contributed by atoms with Gasteiger partial charge in [0.1, 0.15) is 5.75 Å². The summed E-state index contributed by atoms with van der Waals surface area (Å²) in [6.45, 7) is 8.01. The summed E-state index contributed by atoms with van der Waals surface area (Å²) in [5.74, 6) is 0.939. The van der Waals surface area contributed by atoms with E-state index < -0.39 is 0 Å². The molecule has 0 spiro atoms. The van der Waals surface area contributed by atoms with Gasteiger partial charge >= 0.3 is 0 Å². The molecule has 3 nitrogen and oxygen atoms in total. The topological polar surface area (TPSA) is 37.0 Å². The Bertz CT molecular complexity index is 642. The van der Waals surface area contributed by atoms with E-state index in [9.17, 15) is 0 Å². The van der Waals surface area contributed by atoms with Crippen molar-refractivity contribution >= 4 is 10.9 Å². The van der Waals surface area contributed by atoms with E-state index in [1.54, 1.807) is 7.11 Å². The molecule has 1 aliphatic rings. The van der Waals surface area contributed by atoms with Crippen LogP contribution in [0.1, 0.15) is 50.9 Å². The zero-order valence-electron chi connectivity index (χ0n) is 13.5. The Hall–Kier alpha value is -1.48. The van der Waals surface area contributed by atoms with Crippen molar-refractivity contribution < 1.29 is 4.74 Å². The highest BCUT2D eigenvalue weighted by Gasteiger charge is 2.34. The summed E-state index contributed by atoms with van der Waals surface area (Å²) >= 11 is 0. The van der Waals surface area contributed by atoms with Crippen LogP contribution in [-0.4, -0.2) is 18.6 Å². The van der Waals surface area contributed by atoms with Crippen molar-refractivity contribution in [2.24, 2.45) is 5.41 Å². The van der Waals surface area contributed by atoms with E-state index in [2.05, 4.69) is 43.2 Å². The van der Waals surface area contributed by atoms with Gasteiger partial charge in [0.05, 0.1) is 12.6 Å². The average Bonchev–Trinajstić information content (AvgIpc) is 2.81. The lowest BCUT2D eigenvalue weighted by molar-refractivity contribution is 0.257. The molecule has 0 amide bonds. The van der Waals surface area contributed by atoms with Crippen molar-refractivity contribution in [2.75, 3.05) is 13.7 Å². The minimum Gasteiger partial charge on any atom is -0.495 e. The summed E-state index contributed by atoms with van der Waals surface area (Å²) in [6.07, 6.45) is 3.45. The number of aromatic amines is 1. The Labute approximate surface area is 127 Å². The third-order valence-corrected chi connectivity index (χ3v) is 4.54. The predicted molar refractivity (Wildman–Crippen MR) is 88.0 cm³/mol. The Morgan fingerprint density at radius 2 is 2.19 bits per heavy atom. The first-order valence-electron chi connectivity index (χ1n) is 7.96. The third kappa shape index (κ3) is 2.55. The van der Waals surface area contributed by atoms with Crippen molar-refractivity contribution in [3.63, 3.8) is 0 Å². The molecule has 2 N–H and O–H groups in total. The zero-order valence-corrected chi connectivity index (χ0v) is 13.5. The highest BCUT2D eigenvalue weighted by Crippen LogP contribution is 2.44. The molecule has 2 aromatic rings. The van der Waals surface area contributed by atoms with Crippen LogP contribution in [0.25, 0.3) is 10.9 Å². The quantitative estimate of drug-likeness (QED) is 0.884. The van der Waals surface area contributed by atoms with E-state index in [-0.39, 0.29) is 0 Å². The number of hydrogen-bond donors (Lipinski definition) is 2. The Morgan fingerprint density at radius 1 is 1.38 bits per heavy atom. The smallest absolute Gasteiger partial charge is 0.142 e. The van der Waals surface area contributed by atoms with Crippen LogP contribution >= 0.6 is 0 Å². The lowest BCUT2D eigenvalue weighted by atomic mass is 9.74. The molecule has 0 bridgehead atoms. The van der Waals surface area contributed by atoms with E-state index in [0.717, 1.165) is 30.7 Å². The van der Waals surface area contributed by atoms with Gasteiger partial charge in [-0.1, -0.05) is 32.9 Å². The van der Waals surface area contributed by atoms with E-state index in [1.807, 2.05) is 6.07 Å². The Morgan fingerprint density at radius 3 is 2.90 bits per heavy atom. The average molecular weight is 286 g/mol. The first-order chi connectivity index (χ1) is 10.1. The number of ether oxygens (including phenoxy) is 1. The molecule has 0 aliphatic heterocycles. The molecule has 21 heavy (non-hydrogen) atoms. The van der Waals surface area contributed by atoms with Gasteiger partial charge in [0, 0.05) is 17.1 Å². The van der Waals surface area contributed by atoms with Gasteiger partial charge < -0.3 is 15.0 Å². The summed E-state index contributed by atoms with van der Waals surface area (Å²) in [7, 11) is 1.74. The van der Waals surface area contributed by atoms with Gasteiger partial charge in [0.25, 0.3) is 0 Å². The van der Waals surface area contributed by atoms with Crippen LogP contribution in [0.4, 0.5) is 0 Å². The van der Waals surface area contributed by atoms with Gasteiger partial charge in [-0.2, -0.15) is 0 Å². The third-order valence-electron chi connectivity index (χ3n) is 4.54. The fourth-order valence-corrected chi connectivity index (χ4v) is 3.67. The molecule has 1 unspecified atom stereocenters. The predicted octanol–water partition coefficient (Wildman–Crippen LogP) is 4.19. The highest BCUT2D eigenvalue weighted by atomic mass is 16.5. The SMILES string of the molecule is CCCNC1CC(C)(C)Cc2[nH]c3c(OC)cccc3c21. The van der Waals surface area contributed by atoms with Crippen molar-refractivity contribution in [3.8, 4) is 5.75 Å². The maximum atomic E-state index is 5.52. The van der Waals surface area contributed by atoms with Gasteiger partial charge in [-0.15, -0.1) is 0 Å². The second-order valence-corrected chi connectivity index (χ2v) is 6.95. The number of hydrogen-bond acceptors (Lipinski definition) is 2. The second-order valence-electron chi connectivity index (χ2n) is 6.95. The van der Waals surface area contributed by atoms with Crippen LogP contribution in [0.3, 0.4) is 0 Å². The first kappa shape index (κ1) is 14.5. The maximum Gasteiger partial charge on any atom is 0.142 e. The number of para-hydroxylation sites is 1. The summed E-state index contributed by atoms with van der Waals surface area (Å²) in [4.78, 5) is 3.63. The normalized spacial score (nSPS) is 20.5. The van der Waals surface area contributed by atoms with E-state index in [1.165, 1.54) is 23.1 Å². The molecule has 1 aliphatic carbocycles. The zero-order chi connectivity index (χ0) is 15.0. The standard InChI is InChI=1S/C18H26N2O/c1-5-9-19-13-10-18(2,3)11-14-16(13)12-7-6-8-15(21-4)17(12)20-14/h6-8,13,19-20H,5,9-11H2,1-4H3. The van der Waals surface area contributed by atoms with Crippen LogP contribution < -0.4 is 10.1 Å². The molecular formula is C18H26N2O. The van der Waals surface area contributed by atoms with Crippen molar-refractivity contribution in [3.05, 3.63) is 29.5 Å². The lowest BCUT2D eigenvalue weighted by Crippen LogP contribution is -2.33. The maximum absolute atomic E-state index is 5.52. The Kier molecular flexibility index (Phi) is 3.70. The molecule has 0 fully saturated rings. The van der Waals surface area contributed by atoms with Gasteiger partial charge in [-0.25, -0.2) is 0 Å². The molecule has 3 rings (SSSR count). The Balaban J connectivity index is 2.13. The summed E-state index contributed by atoms with van der Waals surface area (Å²) in [6, 6.07) is 6.77. The van der Waals surface area contributed by atoms with Gasteiger partial charge in [0.15, 0.2) is 0 Å². The number of nitrogens with one attached hydrogen (secondary N) is 2. The fraction of sp³-hybridized carbons (Fsp3) is 0.556. The summed E-state index contributed by atoms with van der Waals surface area (Å²) < 4.78 is 5.52. The van der Waals surface area contributed by atoms with Gasteiger partial charge in [0.2, 0.25) is 0 Å². The highest BCUT2D eigenvalue weighted by molar-refractivity contribution is 5.90. The summed E-state index contributed by atoms with van der Waals surface area (Å²) in [5.41, 5.74) is 4.30. The lowest BCUT2D eigenvalue weighted by Gasteiger charge is -2.36. The molecule has 0 saturated carbocycles. The molecule has 114 valence electrons. The number of fused-ring (bicyclic) bond motifs is 3. The molecule has 1 aromatic carbocycles. The van der Waals surface area contributed by atoms with E-state index in [0.29, 0.717) is 11.5 Å². The monoisotopic (exact) mass is 286 g/mol. The molecule has 1 aromatic heterocycles. The summed E-state index contributed by atoms with van der Waals surface area (Å²) in [5, 5.41) is 5.05. The van der Waals surface area contributed by atoms with Crippen molar-refractivity contribution in [1.82, 2.24) is 10.3 Å². The molecule has 3 heteroatoms. The molecular weight excluding hydrogens is 260 g/mol. The molecule has 0 radical (unpaired) electrons. The molecule has 1 heterocycles. The van der Waals surface area contributed by atoms with Crippen LogP contribution in [0.15, 0.2) is 18.2 Å². The first-order valence-corrected chi connectivity index (χ1v) is 7.96. The van der Waals surface area contributed by atoms with Crippen LogP contribution in [0.5, 0.6) is 5.75 Å². The molecule has 1 atom stereocenters. The minimum atomic E-state index is 0.326. The minimum absolute atomic E-state index is 0.326.